The lowest BCUT2D eigenvalue weighted by molar-refractivity contribution is -0.870. The molecule has 0 saturated carbocycles. The standard InChI is InChI=1S/C62H121N2O6P/c1-6-8-10-12-14-16-18-20-22-24-26-28-30-32-34-36-38-40-42-44-46-48-50-52-54-56-62(66)63-60(59-70-71(67,68)69-58-57-64(3,4)5)61(65)55-53-51-49-47-45-43-41-39-37-35-33-31-29-27-25-23-21-19-17-15-13-11-9-7-2/h18,20,24,26,53,55,60-61,65H,6-17,19,21-23,25,27-52,54,56-59H2,1-5H3,(H-,63,66,67,68)/p+1/b20-18-,26-24-,55-53+. The largest absolute Gasteiger partial charge is 0.472 e. The lowest BCUT2D eigenvalue weighted by atomic mass is 10.0. The first-order valence-corrected chi connectivity index (χ1v) is 32.4. The van der Waals surface area contributed by atoms with Crippen molar-refractivity contribution in [1.29, 1.82) is 0 Å². The Morgan fingerprint density at radius 2 is 0.803 bits per heavy atom. The Bertz CT molecular complexity index is 1250. The molecule has 0 heterocycles. The third-order valence-electron chi connectivity index (χ3n) is 14.1. The van der Waals surface area contributed by atoms with Gasteiger partial charge in [-0.25, -0.2) is 4.57 Å². The summed E-state index contributed by atoms with van der Waals surface area (Å²) in [5, 5.41) is 14.0. The van der Waals surface area contributed by atoms with Crippen LogP contribution in [0.15, 0.2) is 36.5 Å². The summed E-state index contributed by atoms with van der Waals surface area (Å²) >= 11 is 0. The van der Waals surface area contributed by atoms with E-state index in [1.54, 1.807) is 6.08 Å². The number of nitrogens with zero attached hydrogens (tertiary/aromatic N) is 1. The fourth-order valence-corrected chi connectivity index (χ4v) is 9.99. The zero-order valence-electron chi connectivity index (χ0n) is 48.0. The fraction of sp³-hybridized carbons (Fsp3) is 0.887. The third-order valence-corrected chi connectivity index (χ3v) is 15.1. The van der Waals surface area contributed by atoms with Crippen molar-refractivity contribution in [2.75, 3.05) is 40.9 Å². The van der Waals surface area contributed by atoms with Crippen LogP contribution in [0.2, 0.25) is 0 Å². The monoisotopic (exact) mass is 1020 g/mol. The normalized spacial score (nSPS) is 14.1. The van der Waals surface area contributed by atoms with Gasteiger partial charge in [-0.05, 0) is 51.4 Å². The van der Waals surface area contributed by atoms with Gasteiger partial charge in [0.1, 0.15) is 13.2 Å². The number of likely N-dealkylation sites (N-methyl/N-ethyl adjacent to an activating group) is 1. The fourth-order valence-electron chi connectivity index (χ4n) is 9.25. The lowest BCUT2D eigenvalue weighted by Gasteiger charge is -2.25. The molecule has 0 aliphatic carbocycles. The van der Waals surface area contributed by atoms with Gasteiger partial charge in [0, 0.05) is 6.42 Å². The number of aliphatic hydroxyl groups is 1. The minimum Gasteiger partial charge on any atom is -0.387 e. The molecule has 0 saturated heterocycles. The number of allylic oxidation sites excluding steroid dienone is 5. The summed E-state index contributed by atoms with van der Waals surface area (Å²) in [6, 6.07) is -0.847. The molecular formula is C62H122N2O6P+. The number of quaternary nitrogens is 1. The van der Waals surface area contributed by atoms with Crippen LogP contribution >= 0.6 is 7.82 Å². The van der Waals surface area contributed by atoms with Crippen molar-refractivity contribution in [1.82, 2.24) is 5.32 Å². The topological polar surface area (TPSA) is 105 Å². The van der Waals surface area contributed by atoms with Crippen LogP contribution in [-0.4, -0.2) is 73.4 Å². The van der Waals surface area contributed by atoms with Gasteiger partial charge in [0.15, 0.2) is 0 Å². The SMILES string of the molecule is CCCCCCC/C=C\C/C=C\CCCCCCCCCCCCCCCC(=O)NC(COP(=O)(O)OCC[N+](C)(C)C)C(O)/C=C/CCCCCCCCCCCCCCCCCCCCCCCC. The van der Waals surface area contributed by atoms with Gasteiger partial charge < -0.3 is 19.8 Å². The number of nitrogens with one attached hydrogen (secondary N) is 1. The van der Waals surface area contributed by atoms with Crippen LogP contribution in [0.1, 0.15) is 303 Å². The molecule has 8 nitrogen and oxygen atoms in total. The van der Waals surface area contributed by atoms with E-state index in [0.29, 0.717) is 17.4 Å². The van der Waals surface area contributed by atoms with Crippen LogP contribution in [0.4, 0.5) is 0 Å². The highest BCUT2D eigenvalue weighted by Gasteiger charge is 2.27. The first kappa shape index (κ1) is 69.7. The van der Waals surface area contributed by atoms with Crippen molar-refractivity contribution in [3.05, 3.63) is 36.5 Å². The van der Waals surface area contributed by atoms with Gasteiger partial charge in [0.25, 0.3) is 0 Å². The van der Waals surface area contributed by atoms with E-state index in [-0.39, 0.29) is 19.1 Å². The number of rotatable bonds is 57. The maximum atomic E-state index is 13.0. The Hall–Kier alpha value is -1.28. The van der Waals surface area contributed by atoms with Gasteiger partial charge in [-0.15, -0.1) is 0 Å². The van der Waals surface area contributed by atoms with Crippen LogP contribution in [0, 0.1) is 0 Å². The minimum absolute atomic E-state index is 0.0624. The van der Waals surface area contributed by atoms with Gasteiger partial charge in [-0.1, -0.05) is 281 Å². The van der Waals surface area contributed by atoms with Crippen LogP contribution in [0.25, 0.3) is 0 Å². The number of hydrogen-bond donors (Lipinski definition) is 3. The number of phosphoric acid groups is 1. The number of amides is 1. The smallest absolute Gasteiger partial charge is 0.387 e. The van der Waals surface area contributed by atoms with Crippen molar-refractivity contribution in [3.8, 4) is 0 Å². The van der Waals surface area contributed by atoms with E-state index >= 15 is 0 Å². The second-order valence-electron chi connectivity index (χ2n) is 22.4. The van der Waals surface area contributed by atoms with Crippen LogP contribution < -0.4 is 5.32 Å². The number of hydrogen-bond acceptors (Lipinski definition) is 5. The third kappa shape index (κ3) is 56.3. The molecule has 3 atom stereocenters. The van der Waals surface area contributed by atoms with Gasteiger partial charge in [0.05, 0.1) is 39.9 Å². The van der Waals surface area contributed by atoms with Gasteiger partial charge in [-0.2, -0.15) is 0 Å². The molecule has 1 amide bonds. The summed E-state index contributed by atoms with van der Waals surface area (Å²) in [7, 11) is 1.58. The predicted molar refractivity (Wildman–Crippen MR) is 309 cm³/mol. The lowest BCUT2D eigenvalue weighted by Crippen LogP contribution is -2.45. The Balaban J connectivity index is 4.16. The molecule has 0 aromatic carbocycles. The summed E-state index contributed by atoms with van der Waals surface area (Å²) < 4.78 is 23.8. The molecule has 9 heteroatoms. The number of carbonyl (C=O) groups excluding carboxylic acids is 1. The summed E-state index contributed by atoms with van der Waals surface area (Å²) in [5.41, 5.74) is 0. The molecule has 0 radical (unpaired) electrons. The zero-order valence-corrected chi connectivity index (χ0v) is 48.9. The summed E-state index contributed by atoms with van der Waals surface area (Å²) in [5.74, 6) is -0.174. The molecule has 0 bridgehead atoms. The quantitative estimate of drug-likeness (QED) is 0.0243. The first-order valence-electron chi connectivity index (χ1n) is 30.9. The molecule has 0 aliphatic rings. The van der Waals surface area contributed by atoms with E-state index in [1.165, 1.54) is 238 Å². The van der Waals surface area contributed by atoms with Crippen LogP contribution in [0.5, 0.6) is 0 Å². The van der Waals surface area contributed by atoms with E-state index < -0.39 is 20.0 Å². The van der Waals surface area contributed by atoms with E-state index in [0.717, 1.165) is 44.9 Å². The summed E-state index contributed by atoms with van der Waals surface area (Å²) in [6.45, 7) is 4.85. The average molecular weight is 1020 g/mol. The molecule has 3 N–H and O–H groups in total. The highest BCUT2D eigenvalue weighted by molar-refractivity contribution is 7.47. The highest BCUT2D eigenvalue weighted by Crippen LogP contribution is 2.43. The van der Waals surface area contributed by atoms with E-state index in [2.05, 4.69) is 43.5 Å². The number of phosphoric ester groups is 1. The molecule has 0 aliphatic heterocycles. The van der Waals surface area contributed by atoms with Crippen molar-refractivity contribution < 1.29 is 32.9 Å². The van der Waals surface area contributed by atoms with E-state index in [9.17, 15) is 19.4 Å². The maximum absolute atomic E-state index is 13.0. The Labute approximate surface area is 442 Å². The number of aliphatic hydroxyl groups excluding tert-OH is 1. The second-order valence-corrected chi connectivity index (χ2v) is 23.9. The second kappa shape index (κ2) is 53.5. The van der Waals surface area contributed by atoms with E-state index in [4.69, 9.17) is 9.05 Å². The Kier molecular flexibility index (Phi) is 52.6. The molecule has 0 spiro atoms. The Morgan fingerprint density at radius 3 is 1.15 bits per heavy atom. The molecular weight excluding hydrogens is 900 g/mol. The number of unbranched alkanes of at least 4 members (excludes halogenated alkanes) is 40. The van der Waals surface area contributed by atoms with Gasteiger partial charge in [-0.3, -0.25) is 13.8 Å². The summed E-state index contributed by atoms with van der Waals surface area (Å²) in [4.78, 5) is 23.3. The molecule has 0 rings (SSSR count). The zero-order chi connectivity index (χ0) is 52.0. The van der Waals surface area contributed by atoms with Crippen molar-refractivity contribution >= 4 is 13.7 Å². The maximum Gasteiger partial charge on any atom is 0.472 e. The molecule has 0 aromatic rings. The van der Waals surface area contributed by atoms with Crippen LogP contribution in [0.3, 0.4) is 0 Å². The van der Waals surface area contributed by atoms with Crippen molar-refractivity contribution in [2.24, 2.45) is 0 Å². The minimum atomic E-state index is -4.35. The molecule has 0 fully saturated rings. The molecule has 71 heavy (non-hydrogen) atoms. The number of carbonyl (C=O) groups is 1. The average Bonchev–Trinajstić information content (AvgIpc) is 3.33. The Morgan fingerprint density at radius 1 is 0.479 bits per heavy atom. The first-order chi connectivity index (χ1) is 34.5. The predicted octanol–water partition coefficient (Wildman–Crippen LogP) is 18.9. The van der Waals surface area contributed by atoms with Crippen molar-refractivity contribution in [2.45, 2.75) is 315 Å². The molecule has 420 valence electrons. The van der Waals surface area contributed by atoms with Gasteiger partial charge in [0.2, 0.25) is 5.91 Å². The van der Waals surface area contributed by atoms with E-state index in [1.807, 2.05) is 27.2 Å². The van der Waals surface area contributed by atoms with Gasteiger partial charge >= 0.3 is 7.82 Å². The molecule has 3 unspecified atom stereocenters. The summed E-state index contributed by atoms with van der Waals surface area (Å²) in [6.07, 6.45) is 69.6. The van der Waals surface area contributed by atoms with Crippen molar-refractivity contribution in [3.63, 3.8) is 0 Å². The molecule has 0 aromatic heterocycles. The highest BCUT2D eigenvalue weighted by atomic mass is 31.2. The van der Waals surface area contributed by atoms with Crippen LogP contribution in [-0.2, 0) is 18.4 Å².